The number of thioether (sulfide) groups is 1. The second-order valence-electron chi connectivity index (χ2n) is 4.02. The molecule has 1 unspecified atom stereocenters. The highest BCUT2D eigenvalue weighted by Gasteiger charge is 2.15. The van der Waals surface area contributed by atoms with Gasteiger partial charge >= 0.3 is 5.97 Å². The number of rotatable bonds is 4. The van der Waals surface area contributed by atoms with Gasteiger partial charge < -0.3 is 10.4 Å². The lowest BCUT2D eigenvalue weighted by atomic mass is 10.2. The summed E-state index contributed by atoms with van der Waals surface area (Å²) in [6, 6.07) is 4.14. The van der Waals surface area contributed by atoms with Crippen LogP contribution >= 0.6 is 11.8 Å². The predicted octanol–water partition coefficient (Wildman–Crippen LogP) is 2.83. The number of aromatic carboxylic acids is 1. The molecule has 1 saturated heterocycles. The zero-order valence-corrected chi connectivity index (χ0v) is 10.1. The summed E-state index contributed by atoms with van der Waals surface area (Å²) in [5, 5.41) is 12.4. The highest BCUT2D eigenvalue weighted by atomic mass is 32.2. The van der Waals surface area contributed by atoms with E-state index >= 15 is 0 Å². The molecular weight excluding hydrogens is 241 g/mol. The van der Waals surface area contributed by atoms with Crippen LogP contribution in [-0.2, 0) is 0 Å². The molecule has 1 aromatic rings. The summed E-state index contributed by atoms with van der Waals surface area (Å²) in [6.07, 6.45) is 2.43. The summed E-state index contributed by atoms with van der Waals surface area (Å²) < 4.78 is 13.4. The van der Waals surface area contributed by atoms with E-state index in [0.29, 0.717) is 10.9 Å². The average molecular weight is 255 g/mol. The minimum atomic E-state index is -1.24. The Hall–Kier alpha value is -1.23. The van der Waals surface area contributed by atoms with E-state index < -0.39 is 11.8 Å². The van der Waals surface area contributed by atoms with Crippen molar-refractivity contribution in [3.63, 3.8) is 0 Å². The lowest BCUT2D eigenvalue weighted by Gasteiger charge is -2.11. The van der Waals surface area contributed by atoms with Crippen LogP contribution in [0.25, 0.3) is 0 Å². The van der Waals surface area contributed by atoms with E-state index in [1.165, 1.54) is 30.7 Å². The molecule has 2 rings (SSSR count). The normalized spacial score (nSPS) is 19.2. The van der Waals surface area contributed by atoms with Gasteiger partial charge in [0, 0.05) is 17.5 Å². The first kappa shape index (κ1) is 12.2. The Morgan fingerprint density at radius 1 is 1.59 bits per heavy atom. The fourth-order valence-electron chi connectivity index (χ4n) is 1.84. The molecule has 3 nitrogen and oxygen atoms in total. The van der Waals surface area contributed by atoms with Crippen molar-refractivity contribution in [1.82, 2.24) is 0 Å². The highest BCUT2D eigenvalue weighted by molar-refractivity contribution is 8.00. The van der Waals surface area contributed by atoms with Gasteiger partial charge in [0.1, 0.15) is 5.82 Å². The number of benzene rings is 1. The minimum Gasteiger partial charge on any atom is -0.478 e. The predicted molar refractivity (Wildman–Crippen MR) is 67.3 cm³/mol. The fraction of sp³-hybridized carbons (Fsp3) is 0.417. The van der Waals surface area contributed by atoms with Crippen LogP contribution in [0.5, 0.6) is 0 Å². The van der Waals surface area contributed by atoms with Gasteiger partial charge in [-0.15, -0.1) is 0 Å². The van der Waals surface area contributed by atoms with Crippen molar-refractivity contribution < 1.29 is 14.3 Å². The number of carboxylic acids is 1. The van der Waals surface area contributed by atoms with E-state index in [-0.39, 0.29) is 5.56 Å². The fourth-order valence-corrected chi connectivity index (χ4v) is 3.04. The van der Waals surface area contributed by atoms with Gasteiger partial charge in [0.25, 0.3) is 0 Å². The van der Waals surface area contributed by atoms with E-state index in [1.807, 2.05) is 11.8 Å². The number of halogens is 1. The number of anilines is 1. The average Bonchev–Trinajstić information content (AvgIpc) is 2.78. The molecule has 1 atom stereocenters. The molecule has 0 amide bonds. The van der Waals surface area contributed by atoms with Crippen LogP contribution in [-0.4, -0.2) is 28.6 Å². The second kappa shape index (κ2) is 5.40. The van der Waals surface area contributed by atoms with E-state index in [9.17, 15) is 9.18 Å². The third kappa shape index (κ3) is 3.12. The van der Waals surface area contributed by atoms with Crippen LogP contribution in [0.1, 0.15) is 23.2 Å². The zero-order valence-electron chi connectivity index (χ0n) is 9.28. The lowest BCUT2D eigenvalue weighted by molar-refractivity contribution is 0.0692. The van der Waals surface area contributed by atoms with Crippen LogP contribution in [0.15, 0.2) is 18.2 Å². The quantitative estimate of drug-likeness (QED) is 0.868. The molecule has 0 saturated carbocycles. The summed E-state index contributed by atoms with van der Waals surface area (Å²) in [5.41, 5.74) is 0.353. The zero-order chi connectivity index (χ0) is 12.3. The SMILES string of the molecule is O=C(O)c1ccc(NCC2CCCS2)cc1F. The molecule has 1 fully saturated rings. The van der Waals surface area contributed by atoms with E-state index in [4.69, 9.17) is 5.11 Å². The molecule has 0 bridgehead atoms. The summed E-state index contributed by atoms with van der Waals surface area (Å²) in [7, 11) is 0. The van der Waals surface area contributed by atoms with Gasteiger partial charge in [0.15, 0.2) is 0 Å². The number of hydrogen-bond donors (Lipinski definition) is 2. The Morgan fingerprint density at radius 3 is 3.00 bits per heavy atom. The Labute approximate surface area is 103 Å². The van der Waals surface area contributed by atoms with Crippen molar-refractivity contribution in [3.05, 3.63) is 29.6 Å². The maximum absolute atomic E-state index is 13.4. The Bertz CT molecular complexity index is 419. The highest BCUT2D eigenvalue weighted by Crippen LogP contribution is 2.26. The summed E-state index contributed by atoms with van der Waals surface area (Å²) >= 11 is 1.92. The van der Waals surface area contributed by atoms with Gasteiger partial charge in [0.05, 0.1) is 5.56 Å². The Kier molecular flexibility index (Phi) is 3.89. The first-order chi connectivity index (χ1) is 8.16. The molecule has 1 aromatic carbocycles. The monoisotopic (exact) mass is 255 g/mol. The molecule has 1 heterocycles. The first-order valence-corrected chi connectivity index (χ1v) is 6.60. The van der Waals surface area contributed by atoms with Gasteiger partial charge in [-0.25, -0.2) is 9.18 Å². The molecule has 1 aliphatic heterocycles. The Balaban J connectivity index is 1.97. The standard InChI is InChI=1S/C12H14FNO2S/c13-11-6-8(3-4-10(11)12(15)16)14-7-9-2-1-5-17-9/h3-4,6,9,14H,1-2,5,7H2,(H,15,16). The Morgan fingerprint density at radius 2 is 2.41 bits per heavy atom. The third-order valence-corrected chi connectivity index (χ3v) is 4.16. The van der Waals surface area contributed by atoms with Crippen molar-refractivity contribution in [2.75, 3.05) is 17.6 Å². The largest absolute Gasteiger partial charge is 0.478 e. The summed E-state index contributed by atoms with van der Waals surface area (Å²) in [5.74, 6) is -0.736. The molecule has 1 aliphatic rings. The molecule has 2 N–H and O–H groups in total. The van der Waals surface area contributed by atoms with Crippen LogP contribution in [0.2, 0.25) is 0 Å². The molecular formula is C12H14FNO2S. The maximum atomic E-state index is 13.4. The van der Waals surface area contributed by atoms with Gasteiger partial charge in [-0.2, -0.15) is 11.8 Å². The van der Waals surface area contributed by atoms with Gasteiger partial charge in [-0.05, 0) is 36.8 Å². The van der Waals surface area contributed by atoms with Gasteiger partial charge in [0.2, 0.25) is 0 Å². The van der Waals surface area contributed by atoms with Crippen molar-refractivity contribution in [3.8, 4) is 0 Å². The maximum Gasteiger partial charge on any atom is 0.338 e. The summed E-state index contributed by atoms with van der Waals surface area (Å²) in [4.78, 5) is 10.6. The van der Waals surface area contributed by atoms with Crippen LogP contribution < -0.4 is 5.32 Å². The number of hydrogen-bond acceptors (Lipinski definition) is 3. The van der Waals surface area contributed by atoms with Gasteiger partial charge in [-0.3, -0.25) is 0 Å². The topological polar surface area (TPSA) is 49.3 Å². The molecule has 92 valence electrons. The summed E-state index contributed by atoms with van der Waals surface area (Å²) in [6.45, 7) is 0.802. The van der Waals surface area contributed by atoms with Crippen LogP contribution in [0.4, 0.5) is 10.1 Å². The molecule has 0 spiro atoms. The number of carboxylic acid groups (broad SMARTS) is 1. The lowest BCUT2D eigenvalue weighted by Crippen LogP contribution is -2.14. The van der Waals surface area contributed by atoms with Crippen molar-refractivity contribution in [2.24, 2.45) is 0 Å². The molecule has 17 heavy (non-hydrogen) atoms. The van der Waals surface area contributed by atoms with Gasteiger partial charge in [-0.1, -0.05) is 0 Å². The molecule has 5 heteroatoms. The van der Waals surface area contributed by atoms with Crippen LogP contribution in [0.3, 0.4) is 0 Å². The van der Waals surface area contributed by atoms with E-state index in [1.54, 1.807) is 6.07 Å². The van der Waals surface area contributed by atoms with Crippen molar-refractivity contribution in [2.45, 2.75) is 18.1 Å². The first-order valence-electron chi connectivity index (χ1n) is 5.55. The van der Waals surface area contributed by atoms with Crippen molar-refractivity contribution in [1.29, 1.82) is 0 Å². The second-order valence-corrected chi connectivity index (χ2v) is 5.42. The van der Waals surface area contributed by atoms with Crippen LogP contribution in [0, 0.1) is 5.82 Å². The molecule has 0 radical (unpaired) electrons. The number of nitrogens with one attached hydrogen (secondary N) is 1. The van der Waals surface area contributed by atoms with E-state index in [0.717, 1.165) is 6.54 Å². The smallest absolute Gasteiger partial charge is 0.338 e. The van der Waals surface area contributed by atoms with E-state index in [2.05, 4.69) is 5.32 Å². The number of carbonyl (C=O) groups is 1. The van der Waals surface area contributed by atoms with Crippen molar-refractivity contribution >= 4 is 23.4 Å². The minimum absolute atomic E-state index is 0.286. The molecule has 0 aliphatic carbocycles. The third-order valence-electron chi connectivity index (χ3n) is 2.76. The molecule has 0 aromatic heterocycles.